The number of oxazole rings is 1. The van der Waals surface area contributed by atoms with E-state index in [1.54, 1.807) is 0 Å². The third-order valence-electron chi connectivity index (χ3n) is 3.22. The van der Waals surface area contributed by atoms with Crippen molar-refractivity contribution >= 4 is 5.88 Å². The average molecular weight is 240 g/mol. The first-order valence-electron chi connectivity index (χ1n) is 5.76. The van der Waals surface area contributed by atoms with Gasteiger partial charge in [-0.1, -0.05) is 30.3 Å². The molecular formula is C13H12N4O. The molecule has 2 atom stereocenters. The van der Waals surface area contributed by atoms with Gasteiger partial charge >= 0.3 is 0 Å². The van der Waals surface area contributed by atoms with E-state index in [9.17, 15) is 0 Å². The van der Waals surface area contributed by atoms with Crippen LogP contribution in [0.1, 0.15) is 35.4 Å². The number of anilines is 1. The zero-order chi connectivity index (χ0) is 12.5. The topological polar surface area (TPSA) is 87.9 Å². The normalized spacial score (nSPS) is 21.3. The molecule has 1 aliphatic carbocycles. The largest absolute Gasteiger partial charge is 0.422 e. The van der Waals surface area contributed by atoms with Crippen LogP contribution in [0.5, 0.6) is 0 Å². The van der Waals surface area contributed by atoms with E-state index in [0.29, 0.717) is 11.8 Å². The van der Waals surface area contributed by atoms with Crippen LogP contribution in [0.25, 0.3) is 0 Å². The first-order valence-corrected chi connectivity index (χ1v) is 5.76. The highest BCUT2D eigenvalue weighted by Gasteiger charge is 2.43. The second-order valence-corrected chi connectivity index (χ2v) is 4.35. The van der Waals surface area contributed by atoms with Gasteiger partial charge in [-0.25, -0.2) is 10.8 Å². The van der Waals surface area contributed by atoms with Crippen molar-refractivity contribution in [3.05, 3.63) is 47.5 Å². The fraction of sp³-hybridized carbons (Fsp3) is 0.231. The van der Waals surface area contributed by atoms with E-state index in [1.807, 2.05) is 24.3 Å². The van der Waals surface area contributed by atoms with Crippen LogP contribution in [-0.4, -0.2) is 4.98 Å². The summed E-state index contributed by atoms with van der Waals surface area (Å²) in [4.78, 5) is 4.17. The SMILES string of the molecule is N#Cc1nc([C@@H]2C[C@@H]2c2ccccc2)oc1NN. The van der Waals surface area contributed by atoms with Crippen molar-refractivity contribution < 1.29 is 4.42 Å². The minimum atomic E-state index is 0.214. The Morgan fingerprint density at radius 3 is 2.72 bits per heavy atom. The van der Waals surface area contributed by atoms with Gasteiger partial charge in [0, 0.05) is 5.92 Å². The molecule has 1 heterocycles. The van der Waals surface area contributed by atoms with E-state index in [2.05, 4.69) is 22.5 Å². The van der Waals surface area contributed by atoms with E-state index in [-0.39, 0.29) is 17.5 Å². The molecule has 5 heteroatoms. The van der Waals surface area contributed by atoms with Crippen LogP contribution in [0.3, 0.4) is 0 Å². The number of hydrazine groups is 1. The summed E-state index contributed by atoms with van der Waals surface area (Å²) in [7, 11) is 0. The highest BCUT2D eigenvalue weighted by atomic mass is 16.4. The number of benzene rings is 1. The number of nitrogens with two attached hydrogens (primary N) is 1. The number of nitrogen functional groups attached to an aromatic ring is 1. The van der Waals surface area contributed by atoms with Gasteiger partial charge in [0.2, 0.25) is 17.5 Å². The quantitative estimate of drug-likeness (QED) is 0.633. The van der Waals surface area contributed by atoms with Gasteiger partial charge < -0.3 is 4.42 Å². The van der Waals surface area contributed by atoms with Gasteiger partial charge in [-0.15, -0.1) is 0 Å². The summed E-state index contributed by atoms with van der Waals surface area (Å²) in [6.45, 7) is 0. The van der Waals surface area contributed by atoms with E-state index >= 15 is 0 Å². The van der Waals surface area contributed by atoms with Crippen LogP contribution >= 0.6 is 0 Å². The number of nitrogens with one attached hydrogen (secondary N) is 1. The maximum Gasteiger partial charge on any atom is 0.246 e. The van der Waals surface area contributed by atoms with Crippen LogP contribution in [0, 0.1) is 11.3 Å². The summed E-state index contributed by atoms with van der Waals surface area (Å²) < 4.78 is 5.46. The molecule has 1 aromatic heterocycles. The summed E-state index contributed by atoms with van der Waals surface area (Å²) in [5.74, 6) is 6.79. The van der Waals surface area contributed by atoms with Crippen molar-refractivity contribution in [2.75, 3.05) is 5.43 Å². The molecule has 1 fully saturated rings. The van der Waals surface area contributed by atoms with E-state index in [0.717, 1.165) is 6.42 Å². The molecule has 5 nitrogen and oxygen atoms in total. The Morgan fingerprint density at radius 1 is 1.33 bits per heavy atom. The molecule has 3 rings (SSSR count). The number of nitrogens with zero attached hydrogens (tertiary/aromatic N) is 2. The lowest BCUT2D eigenvalue weighted by molar-refractivity contribution is 0.506. The minimum absolute atomic E-state index is 0.214. The average Bonchev–Trinajstić information content (AvgIpc) is 3.12. The van der Waals surface area contributed by atoms with Gasteiger partial charge in [-0.05, 0) is 17.9 Å². The Kier molecular flexibility index (Phi) is 2.50. The first-order chi connectivity index (χ1) is 8.83. The molecular weight excluding hydrogens is 228 g/mol. The predicted molar refractivity (Wildman–Crippen MR) is 65.6 cm³/mol. The maximum absolute atomic E-state index is 8.88. The standard InChI is InChI=1S/C13H12N4O/c14-7-11-13(17-15)18-12(16-11)10-6-9(10)8-4-2-1-3-5-8/h1-5,9-10,17H,6,15H2/t9-,10-/m1/s1. The van der Waals surface area contributed by atoms with Gasteiger partial charge in [0.25, 0.3) is 0 Å². The number of rotatable bonds is 3. The number of hydrogen-bond donors (Lipinski definition) is 2. The fourth-order valence-corrected chi connectivity index (χ4v) is 2.21. The molecule has 0 spiro atoms. The van der Waals surface area contributed by atoms with Crippen LogP contribution in [-0.2, 0) is 0 Å². The molecule has 1 saturated carbocycles. The van der Waals surface area contributed by atoms with Crippen LogP contribution in [0.4, 0.5) is 5.88 Å². The number of hydrogen-bond acceptors (Lipinski definition) is 5. The van der Waals surface area contributed by atoms with E-state index in [4.69, 9.17) is 15.5 Å². The van der Waals surface area contributed by atoms with Gasteiger partial charge in [-0.3, -0.25) is 5.43 Å². The minimum Gasteiger partial charge on any atom is -0.422 e. The van der Waals surface area contributed by atoms with Crippen molar-refractivity contribution in [1.82, 2.24) is 4.98 Å². The van der Waals surface area contributed by atoms with Crippen molar-refractivity contribution in [2.24, 2.45) is 5.84 Å². The third kappa shape index (κ3) is 1.73. The van der Waals surface area contributed by atoms with Crippen LogP contribution in [0.2, 0.25) is 0 Å². The molecule has 90 valence electrons. The number of aromatic nitrogens is 1. The first kappa shape index (κ1) is 10.8. The summed E-state index contributed by atoms with van der Waals surface area (Å²) in [5, 5.41) is 8.88. The molecule has 0 aliphatic heterocycles. The third-order valence-corrected chi connectivity index (χ3v) is 3.22. The van der Waals surface area contributed by atoms with Gasteiger partial charge in [-0.2, -0.15) is 5.26 Å². The summed E-state index contributed by atoms with van der Waals surface area (Å²) in [6.07, 6.45) is 0.999. The summed E-state index contributed by atoms with van der Waals surface area (Å²) in [5.41, 5.74) is 3.85. The Labute approximate surface area is 104 Å². The van der Waals surface area contributed by atoms with Gasteiger partial charge in [0.1, 0.15) is 6.07 Å². The van der Waals surface area contributed by atoms with Crippen molar-refractivity contribution in [3.63, 3.8) is 0 Å². The van der Waals surface area contributed by atoms with Crippen molar-refractivity contribution in [1.29, 1.82) is 5.26 Å². The number of nitriles is 1. The lowest BCUT2D eigenvalue weighted by Gasteiger charge is -1.97. The smallest absolute Gasteiger partial charge is 0.246 e. The molecule has 0 saturated heterocycles. The lowest BCUT2D eigenvalue weighted by Crippen LogP contribution is -2.06. The molecule has 0 bridgehead atoms. The maximum atomic E-state index is 8.88. The molecule has 1 aromatic carbocycles. The van der Waals surface area contributed by atoms with Gasteiger partial charge in [0.05, 0.1) is 0 Å². The highest BCUT2D eigenvalue weighted by molar-refractivity contribution is 5.45. The Balaban J connectivity index is 1.83. The van der Waals surface area contributed by atoms with Crippen LogP contribution in [0.15, 0.2) is 34.7 Å². The molecule has 0 radical (unpaired) electrons. The molecule has 0 amide bonds. The summed E-state index contributed by atoms with van der Waals surface area (Å²) >= 11 is 0. The Morgan fingerprint density at radius 2 is 2.11 bits per heavy atom. The predicted octanol–water partition coefficient (Wildman–Crippen LogP) is 2.10. The van der Waals surface area contributed by atoms with Crippen LogP contribution < -0.4 is 11.3 Å². The molecule has 0 unspecified atom stereocenters. The molecule has 2 aromatic rings. The molecule has 18 heavy (non-hydrogen) atoms. The zero-order valence-electron chi connectivity index (χ0n) is 9.63. The molecule has 1 aliphatic rings. The van der Waals surface area contributed by atoms with E-state index < -0.39 is 0 Å². The Hall–Kier alpha value is -2.32. The fourth-order valence-electron chi connectivity index (χ4n) is 2.21. The molecule has 3 N–H and O–H groups in total. The zero-order valence-corrected chi connectivity index (χ0v) is 9.63. The van der Waals surface area contributed by atoms with Crippen molar-refractivity contribution in [2.45, 2.75) is 18.3 Å². The monoisotopic (exact) mass is 240 g/mol. The Bertz CT molecular complexity index is 599. The lowest BCUT2D eigenvalue weighted by atomic mass is 10.1. The highest BCUT2D eigenvalue weighted by Crippen LogP contribution is 2.54. The van der Waals surface area contributed by atoms with Crippen molar-refractivity contribution in [3.8, 4) is 6.07 Å². The van der Waals surface area contributed by atoms with Gasteiger partial charge in [0.15, 0.2) is 0 Å². The summed E-state index contributed by atoms with van der Waals surface area (Å²) in [6, 6.07) is 12.2. The second kappa shape index (κ2) is 4.17. The second-order valence-electron chi connectivity index (χ2n) is 4.35. The van der Waals surface area contributed by atoms with E-state index in [1.165, 1.54) is 5.56 Å².